The molecule has 0 aliphatic rings. The minimum Gasteiger partial charge on any atom is -0.135 e. The highest BCUT2D eigenvalue weighted by Crippen LogP contribution is 2.40. The number of hydrogen-bond acceptors (Lipinski definition) is 1. The summed E-state index contributed by atoms with van der Waals surface area (Å²) in [6, 6.07) is 22.2. The zero-order valence-corrected chi connectivity index (χ0v) is 15.3. The highest BCUT2D eigenvalue weighted by Gasteiger charge is 2.10. The van der Waals surface area contributed by atoms with Crippen molar-refractivity contribution in [2.24, 2.45) is 0 Å². The first kappa shape index (κ1) is 15.9. The van der Waals surface area contributed by atoms with Gasteiger partial charge in [-0.05, 0) is 42.7 Å². The molecule has 0 atom stereocenters. The van der Waals surface area contributed by atoms with Gasteiger partial charge in [0.1, 0.15) is 0 Å². The first-order chi connectivity index (χ1) is 12.3. The van der Waals surface area contributed by atoms with Gasteiger partial charge in [0.05, 0.1) is 0 Å². The SMILES string of the molecule is C/C=C\C=C/c1ccc2sc3c(-c4cccc(C)c4)cccc3c2c1. The van der Waals surface area contributed by atoms with E-state index in [9.17, 15) is 0 Å². The van der Waals surface area contributed by atoms with Crippen LogP contribution in [0.15, 0.2) is 78.9 Å². The zero-order valence-electron chi connectivity index (χ0n) is 14.5. The molecule has 0 bridgehead atoms. The molecular weight excluding hydrogens is 320 g/mol. The lowest BCUT2D eigenvalue weighted by molar-refractivity contribution is 1.47. The summed E-state index contributed by atoms with van der Waals surface area (Å²) in [4.78, 5) is 0. The quantitative estimate of drug-likeness (QED) is 0.336. The minimum atomic E-state index is 1.24. The number of aryl methyl sites for hydroxylation is 1. The molecule has 0 amide bonds. The highest BCUT2D eigenvalue weighted by molar-refractivity contribution is 7.26. The van der Waals surface area contributed by atoms with Gasteiger partial charge < -0.3 is 0 Å². The largest absolute Gasteiger partial charge is 0.135 e. The molecule has 1 heterocycles. The maximum Gasteiger partial charge on any atom is 0.0433 e. The van der Waals surface area contributed by atoms with E-state index in [1.807, 2.05) is 24.3 Å². The number of thiophene rings is 1. The number of allylic oxidation sites excluding steroid dienone is 3. The Labute approximate surface area is 152 Å². The van der Waals surface area contributed by atoms with Crippen LogP contribution in [0.4, 0.5) is 0 Å². The topological polar surface area (TPSA) is 0 Å². The van der Waals surface area contributed by atoms with Crippen molar-refractivity contribution in [3.8, 4) is 11.1 Å². The summed E-state index contributed by atoms with van der Waals surface area (Å²) in [5.74, 6) is 0. The number of rotatable bonds is 3. The summed E-state index contributed by atoms with van der Waals surface area (Å²) < 4.78 is 2.72. The van der Waals surface area contributed by atoms with Crippen LogP contribution in [-0.2, 0) is 0 Å². The molecular formula is C24H20S. The zero-order chi connectivity index (χ0) is 17.2. The summed E-state index contributed by atoms with van der Waals surface area (Å²) in [5, 5.41) is 2.69. The van der Waals surface area contributed by atoms with Crippen LogP contribution in [0.1, 0.15) is 18.1 Å². The van der Waals surface area contributed by atoms with E-state index >= 15 is 0 Å². The minimum absolute atomic E-state index is 1.24. The lowest BCUT2D eigenvalue weighted by Crippen LogP contribution is -1.79. The van der Waals surface area contributed by atoms with Crippen LogP contribution in [0, 0.1) is 6.92 Å². The monoisotopic (exact) mass is 340 g/mol. The second-order valence-corrected chi connectivity index (χ2v) is 7.35. The molecule has 0 N–H and O–H groups in total. The predicted octanol–water partition coefficient (Wildman–Crippen LogP) is 7.62. The van der Waals surface area contributed by atoms with Crippen molar-refractivity contribution in [2.45, 2.75) is 13.8 Å². The third-order valence-corrected chi connectivity index (χ3v) is 5.66. The molecule has 0 nitrogen and oxygen atoms in total. The molecule has 0 fully saturated rings. The van der Waals surface area contributed by atoms with Gasteiger partial charge in [0.15, 0.2) is 0 Å². The normalized spacial score (nSPS) is 12.1. The van der Waals surface area contributed by atoms with E-state index in [0.717, 1.165) is 0 Å². The van der Waals surface area contributed by atoms with E-state index in [0.29, 0.717) is 0 Å². The van der Waals surface area contributed by atoms with E-state index < -0.39 is 0 Å². The average molecular weight is 340 g/mol. The Balaban J connectivity index is 1.92. The maximum atomic E-state index is 2.30. The molecule has 4 rings (SSSR count). The molecule has 122 valence electrons. The Bertz CT molecular complexity index is 1110. The van der Waals surface area contributed by atoms with Crippen molar-refractivity contribution in [3.05, 3.63) is 90.0 Å². The molecule has 4 aromatic rings. The van der Waals surface area contributed by atoms with Gasteiger partial charge in [-0.2, -0.15) is 0 Å². The Morgan fingerprint density at radius 1 is 0.840 bits per heavy atom. The summed E-state index contributed by atoms with van der Waals surface area (Å²) in [6.07, 6.45) is 8.36. The van der Waals surface area contributed by atoms with Crippen LogP contribution in [0.2, 0.25) is 0 Å². The average Bonchev–Trinajstić information content (AvgIpc) is 3.00. The standard InChI is InChI=1S/C24H20S/c1-3-4-5-9-18-13-14-23-22(16-18)21-12-7-11-20(24(21)25-23)19-10-6-8-17(2)15-19/h3-16H,1-2H3/b4-3-,9-5-. The van der Waals surface area contributed by atoms with Gasteiger partial charge in [-0.15, -0.1) is 11.3 Å². The van der Waals surface area contributed by atoms with Crippen LogP contribution in [0.5, 0.6) is 0 Å². The second kappa shape index (κ2) is 6.70. The third kappa shape index (κ3) is 3.04. The lowest BCUT2D eigenvalue weighted by atomic mass is 10.0. The predicted molar refractivity (Wildman–Crippen MR) is 113 cm³/mol. The van der Waals surface area contributed by atoms with Gasteiger partial charge in [0.25, 0.3) is 0 Å². The molecule has 0 aliphatic heterocycles. The van der Waals surface area contributed by atoms with E-state index in [4.69, 9.17) is 0 Å². The smallest absolute Gasteiger partial charge is 0.0433 e. The Hall–Kier alpha value is -2.64. The molecule has 25 heavy (non-hydrogen) atoms. The lowest BCUT2D eigenvalue weighted by Gasteiger charge is -2.04. The van der Waals surface area contributed by atoms with Crippen LogP contribution in [-0.4, -0.2) is 0 Å². The third-order valence-electron chi connectivity index (χ3n) is 4.44. The fourth-order valence-electron chi connectivity index (χ4n) is 3.24. The van der Waals surface area contributed by atoms with Crippen LogP contribution in [0.3, 0.4) is 0 Å². The van der Waals surface area contributed by atoms with Crippen molar-refractivity contribution in [3.63, 3.8) is 0 Å². The summed E-state index contributed by atoms with van der Waals surface area (Å²) in [5.41, 5.74) is 5.16. The molecule has 0 saturated heterocycles. The van der Waals surface area contributed by atoms with Crippen molar-refractivity contribution >= 4 is 37.6 Å². The first-order valence-electron chi connectivity index (χ1n) is 8.58. The van der Waals surface area contributed by atoms with Gasteiger partial charge >= 0.3 is 0 Å². The van der Waals surface area contributed by atoms with Gasteiger partial charge in [-0.1, -0.05) is 78.4 Å². The summed E-state index contributed by atoms with van der Waals surface area (Å²) >= 11 is 1.89. The molecule has 1 aromatic heterocycles. The van der Waals surface area contributed by atoms with Crippen molar-refractivity contribution < 1.29 is 0 Å². The molecule has 1 heteroatoms. The van der Waals surface area contributed by atoms with Crippen molar-refractivity contribution in [1.29, 1.82) is 0 Å². The Morgan fingerprint density at radius 3 is 2.56 bits per heavy atom. The van der Waals surface area contributed by atoms with Gasteiger partial charge in [0.2, 0.25) is 0 Å². The number of benzene rings is 3. The Morgan fingerprint density at radius 2 is 1.72 bits per heavy atom. The first-order valence-corrected chi connectivity index (χ1v) is 9.39. The number of hydrogen-bond donors (Lipinski definition) is 0. The van der Waals surface area contributed by atoms with E-state index in [1.165, 1.54) is 42.4 Å². The summed E-state index contributed by atoms with van der Waals surface area (Å²) in [6.45, 7) is 4.19. The van der Waals surface area contributed by atoms with Crippen molar-refractivity contribution in [1.82, 2.24) is 0 Å². The van der Waals surface area contributed by atoms with Crippen LogP contribution < -0.4 is 0 Å². The van der Waals surface area contributed by atoms with Gasteiger partial charge in [0, 0.05) is 20.2 Å². The summed E-state index contributed by atoms with van der Waals surface area (Å²) in [7, 11) is 0. The highest BCUT2D eigenvalue weighted by atomic mass is 32.1. The van der Waals surface area contributed by atoms with E-state index in [-0.39, 0.29) is 0 Å². The second-order valence-electron chi connectivity index (χ2n) is 6.29. The molecule has 0 radical (unpaired) electrons. The van der Waals surface area contributed by atoms with Crippen molar-refractivity contribution in [2.75, 3.05) is 0 Å². The van der Waals surface area contributed by atoms with E-state index in [1.54, 1.807) is 0 Å². The van der Waals surface area contributed by atoms with Gasteiger partial charge in [-0.3, -0.25) is 0 Å². The van der Waals surface area contributed by atoms with Crippen LogP contribution >= 0.6 is 11.3 Å². The van der Waals surface area contributed by atoms with Crippen LogP contribution in [0.25, 0.3) is 37.4 Å². The fraction of sp³-hybridized carbons (Fsp3) is 0.0833. The molecule has 0 unspecified atom stereocenters. The fourth-order valence-corrected chi connectivity index (χ4v) is 4.46. The maximum absolute atomic E-state index is 2.30. The molecule has 0 saturated carbocycles. The Kier molecular flexibility index (Phi) is 4.25. The van der Waals surface area contributed by atoms with Gasteiger partial charge in [-0.25, -0.2) is 0 Å². The van der Waals surface area contributed by atoms with E-state index in [2.05, 4.69) is 85.8 Å². The number of fused-ring (bicyclic) bond motifs is 3. The molecule has 0 aliphatic carbocycles. The molecule has 0 spiro atoms. The molecule has 3 aromatic carbocycles.